The molecular weight excluding hydrogens is 589 g/mol. The number of ether oxygens (including phenoxy) is 2. The number of nitrogens with zero attached hydrogens (tertiary/aromatic N) is 2. The Morgan fingerprint density at radius 2 is 1.61 bits per heavy atom. The highest BCUT2D eigenvalue weighted by Gasteiger charge is 2.29. The summed E-state index contributed by atoms with van der Waals surface area (Å²) < 4.78 is 53.4. The first kappa shape index (κ1) is 37.9. The smallest absolute Gasteiger partial charge is 0.460 e. The number of halogens is 4. The number of alkyl carbamates (subject to hydrolysis) is 1. The highest BCUT2D eigenvalue weighted by atomic mass is 19.5. The highest BCUT2D eigenvalue weighted by Crippen LogP contribution is 2.10. The largest absolute Gasteiger partial charge is 0.673 e. The van der Waals surface area contributed by atoms with Crippen LogP contribution in [0.5, 0.6) is 0 Å². The first-order valence-corrected chi connectivity index (χ1v) is 14.0. The first-order chi connectivity index (χ1) is 20.3. The summed E-state index contributed by atoms with van der Waals surface area (Å²) in [5.74, 6) is -1.53. The Bertz CT molecular complexity index is 1200. The van der Waals surface area contributed by atoms with Crippen LogP contribution in [0.1, 0.15) is 46.6 Å². The van der Waals surface area contributed by atoms with Crippen molar-refractivity contribution < 1.29 is 50.5 Å². The van der Waals surface area contributed by atoms with Crippen molar-refractivity contribution in [2.75, 3.05) is 13.2 Å². The van der Waals surface area contributed by atoms with E-state index in [1.165, 1.54) is 0 Å². The number of aromatic nitrogens is 2. The van der Waals surface area contributed by atoms with Crippen molar-refractivity contribution in [2.24, 2.45) is 13.0 Å². The number of carbonyl (C=O) groups is 4. The third-order valence-electron chi connectivity index (χ3n) is 5.45. The molecule has 0 fully saturated rings. The third-order valence-corrected chi connectivity index (χ3v) is 5.45. The molecule has 0 bridgehead atoms. The van der Waals surface area contributed by atoms with Crippen molar-refractivity contribution >= 4 is 31.1 Å². The van der Waals surface area contributed by atoms with E-state index in [-0.39, 0.29) is 25.5 Å². The maximum atomic E-state index is 13.4. The van der Waals surface area contributed by atoms with Gasteiger partial charge in [0.2, 0.25) is 18.1 Å². The minimum Gasteiger partial charge on any atom is -0.460 e. The summed E-state index contributed by atoms with van der Waals surface area (Å²) in [5, 5.41) is 7.83. The predicted octanol–water partition coefficient (Wildman–Crippen LogP) is 2.94. The molecular formula is C28H42BF4N5O6. The Morgan fingerprint density at radius 1 is 1.00 bits per heavy atom. The number of imidazole rings is 1. The number of aryl methyl sites for hydroxylation is 1. The molecule has 0 saturated heterocycles. The Kier molecular flexibility index (Phi) is 15.4. The molecule has 2 atom stereocenters. The van der Waals surface area contributed by atoms with Gasteiger partial charge in [0.25, 0.3) is 0 Å². The van der Waals surface area contributed by atoms with E-state index in [1.54, 1.807) is 20.8 Å². The molecule has 11 nitrogen and oxygen atoms in total. The Labute approximate surface area is 254 Å². The van der Waals surface area contributed by atoms with E-state index < -0.39 is 48.8 Å². The van der Waals surface area contributed by atoms with Crippen molar-refractivity contribution in [2.45, 2.75) is 71.7 Å². The second-order valence-electron chi connectivity index (χ2n) is 11.3. The topological polar surface area (TPSA) is 132 Å². The van der Waals surface area contributed by atoms with E-state index in [0.29, 0.717) is 13.0 Å². The van der Waals surface area contributed by atoms with Gasteiger partial charge in [0, 0.05) is 6.42 Å². The normalized spacial score (nSPS) is 12.7. The molecule has 2 rings (SSSR count). The van der Waals surface area contributed by atoms with E-state index in [2.05, 4.69) is 16.0 Å². The van der Waals surface area contributed by atoms with Gasteiger partial charge in [0.15, 0.2) is 0 Å². The number of benzene rings is 1. The van der Waals surface area contributed by atoms with Crippen molar-refractivity contribution in [3.05, 3.63) is 54.6 Å². The van der Waals surface area contributed by atoms with Crippen LogP contribution in [0.3, 0.4) is 0 Å². The zero-order valence-electron chi connectivity index (χ0n) is 25.8. The van der Waals surface area contributed by atoms with Crippen molar-refractivity contribution in [3.8, 4) is 0 Å². The number of esters is 1. The number of hydrogen-bond acceptors (Lipinski definition) is 6. The zero-order valence-corrected chi connectivity index (χ0v) is 25.8. The van der Waals surface area contributed by atoms with Gasteiger partial charge in [-0.05, 0) is 38.7 Å². The van der Waals surface area contributed by atoms with Gasteiger partial charge in [-0.3, -0.25) is 9.59 Å². The molecule has 0 radical (unpaired) electrons. The van der Waals surface area contributed by atoms with E-state index in [1.807, 2.05) is 79.1 Å². The molecule has 1 aromatic heterocycles. The summed E-state index contributed by atoms with van der Waals surface area (Å²) in [4.78, 5) is 50.8. The van der Waals surface area contributed by atoms with E-state index >= 15 is 0 Å². The van der Waals surface area contributed by atoms with Gasteiger partial charge in [-0.15, -0.1) is 0 Å². The molecule has 0 saturated carbocycles. The Hall–Kier alpha value is -4.11. The van der Waals surface area contributed by atoms with Gasteiger partial charge in [-0.1, -0.05) is 44.2 Å². The summed E-state index contributed by atoms with van der Waals surface area (Å²) in [5.41, 5.74) is 0.108. The molecule has 2 aromatic rings. The van der Waals surface area contributed by atoms with Crippen LogP contribution >= 0.6 is 0 Å². The molecule has 0 spiro atoms. The second kappa shape index (κ2) is 17.9. The van der Waals surface area contributed by atoms with Gasteiger partial charge in [0.05, 0.1) is 7.05 Å². The summed E-state index contributed by atoms with van der Waals surface area (Å²) in [7, 11) is -4.10. The van der Waals surface area contributed by atoms with Crippen LogP contribution in [0, 0.1) is 5.92 Å². The number of amides is 3. The highest BCUT2D eigenvalue weighted by molar-refractivity contribution is 6.50. The van der Waals surface area contributed by atoms with Gasteiger partial charge in [0.1, 0.15) is 49.8 Å². The van der Waals surface area contributed by atoms with Crippen LogP contribution in [-0.4, -0.2) is 66.5 Å². The van der Waals surface area contributed by atoms with E-state index in [0.717, 1.165) is 5.56 Å². The lowest BCUT2D eigenvalue weighted by Gasteiger charge is -2.24. The first-order valence-electron chi connectivity index (χ1n) is 14.0. The lowest BCUT2D eigenvalue weighted by molar-refractivity contribution is -0.671. The fraction of sp³-hybridized carbons (Fsp3) is 0.536. The zero-order chi connectivity index (χ0) is 33.5. The molecule has 3 N–H and O–H groups in total. The van der Waals surface area contributed by atoms with Crippen LogP contribution in [0.15, 0.2) is 49.1 Å². The molecule has 1 aromatic carbocycles. The third kappa shape index (κ3) is 18.4. The van der Waals surface area contributed by atoms with E-state index in [4.69, 9.17) is 9.47 Å². The fourth-order valence-electron chi connectivity index (χ4n) is 3.72. The van der Waals surface area contributed by atoms with Gasteiger partial charge in [-0.25, -0.2) is 18.7 Å². The van der Waals surface area contributed by atoms with Gasteiger partial charge >= 0.3 is 19.3 Å². The predicted molar refractivity (Wildman–Crippen MR) is 154 cm³/mol. The molecule has 0 aliphatic carbocycles. The molecule has 0 unspecified atom stereocenters. The van der Waals surface area contributed by atoms with Crippen LogP contribution < -0.4 is 20.5 Å². The minimum absolute atomic E-state index is 0.103. The lowest BCUT2D eigenvalue weighted by Crippen LogP contribution is -2.54. The molecule has 16 heteroatoms. The number of rotatable bonds is 13. The van der Waals surface area contributed by atoms with Crippen LogP contribution in [0.4, 0.5) is 22.1 Å². The van der Waals surface area contributed by atoms with Crippen LogP contribution in [-0.2, 0) is 43.9 Å². The molecule has 0 aliphatic rings. The fourth-order valence-corrected chi connectivity index (χ4v) is 3.72. The Balaban J connectivity index is 0.00000178. The van der Waals surface area contributed by atoms with Gasteiger partial charge < -0.3 is 42.7 Å². The second-order valence-corrected chi connectivity index (χ2v) is 11.3. The van der Waals surface area contributed by atoms with Gasteiger partial charge in [-0.2, -0.15) is 0 Å². The summed E-state index contributed by atoms with van der Waals surface area (Å²) in [6.07, 6.45) is 5.45. The lowest BCUT2D eigenvalue weighted by atomic mass is 10.0. The summed E-state index contributed by atoms with van der Waals surface area (Å²) in [6.45, 7) is 9.28. The number of nitrogens with one attached hydrogen (secondary N) is 3. The maximum Gasteiger partial charge on any atom is 0.673 e. The maximum absolute atomic E-state index is 13.4. The molecule has 246 valence electrons. The Morgan fingerprint density at radius 3 is 2.14 bits per heavy atom. The molecule has 3 amide bonds. The standard InChI is InChI=1S/C28H41N5O6.BF4/c1-20(2)16-23(26(36)38-15-14-33-13-12-32(6)19-33)31-25(35)22(17-21-10-8-7-9-11-21)30-24(34)18-29-27(37)39-28(3,4)5;2-1(3,4)5/h7-13,19-20,22-23H,14-18H2,1-6H3,(H2-,29,30,31,34,35,37);/q;-1/p+1/t22-,23-;/m0./s1. The monoisotopic (exact) mass is 631 g/mol. The van der Waals surface area contributed by atoms with Crippen LogP contribution in [0.25, 0.3) is 0 Å². The molecule has 44 heavy (non-hydrogen) atoms. The molecule has 1 heterocycles. The average molecular weight is 631 g/mol. The molecule has 0 aliphatic heterocycles. The minimum atomic E-state index is -6.00. The SMILES string of the molecule is CC(C)C[C@H](NC(=O)[C@H](Cc1ccccc1)NC(=O)CNC(=O)OC(C)(C)C)C(=O)OCCn1cc[n+](C)c1.F[B-](F)(F)F. The van der Waals surface area contributed by atoms with E-state index in [9.17, 15) is 36.4 Å². The van der Waals surface area contributed by atoms with Crippen molar-refractivity contribution in [3.63, 3.8) is 0 Å². The number of hydrogen-bond donors (Lipinski definition) is 3. The average Bonchev–Trinajstić information content (AvgIpc) is 3.29. The van der Waals surface area contributed by atoms with Crippen molar-refractivity contribution in [1.82, 2.24) is 20.5 Å². The quantitative estimate of drug-likeness (QED) is 0.135. The number of carbonyl (C=O) groups excluding carboxylic acids is 4. The van der Waals surface area contributed by atoms with Crippen LogP contribution in [0.2, 0.25) is 0 Å². The van der Waals surface area contributed by atoms with Crippen molar-refractivity contribution in [1.29, 1.82) is 0 Å². The summed E-state index contributed by atoms with van der Waals surface area (Å²) in [6, 6.07) is 7.33. The summed E-state index contributed by atoms with van der Waals surface area (Å²) >= 11 is 0.